The minimum absolute atomic E-state index is 0.0641. The highest BCUT2D eigenvalue weighted by Crippen LogP contribution is 2.21. The number of anilines is 1. The molecule has 1 aliphatic heterocycles. The van der Waals surface area contributed by atoms with Crippen molar-refractivity contribution in [2.24, 2.45) is 0 Å². The smallest absolute Gasteiger partial charge is 0.352 e. The Morgan fingerprint density at radius 1 is 1.38 bits per heavy atom. The maximum absolute atomic E-state index is 13.3. The second kappa shape index (κ2) is 5.37. The number of hydrogen-bond acceptors (Lipinski definition) is 4. The molecule has 0 bridgehead atoms. The van der Waals surface area contributed by atoms with E-state index in [0.29, 0.717) is 12.1 Å². The minimum Gasteiger partial charge on any atom is -0.473 e. The number of likely N-dealkylation sites (N-methyl/N-ethyl adjacent to an activating group) is 1. The zero-order chi connectivity index (χ0) is 15.0. The van der Waals surface area contributed by atoms with Gasteiger partial charge in [-0.3, -0.25) is 4.57 Å². The summed E-state index contributed by atoms with van der Waals surface area (Å²) >= 11 is 5.62. The molecule has 0 radical (unpaired) electrons. The van der Waals surface area contributed by atoms with Crippen LogP contribution in [0.1, 0.15) is 5.56 Å². The largest absolute Gasteiger partial charge is 0.473 e. The van der Waals surface area contributed by atoms with Gasteiger partial charge < -0.3 is 9.64 Å². The van der Waals surface area contributed by atoms with Crippen LogP contribution in [0.25, 0.3) is 0 Å². The normalized spacial score (nSPS) is 13.4. The molecular weight excluding hydrogens is 297 g/mol. The molecule has 0 saturated carbocycles. The molecule has 3 rings (SSSR count). The molecule has 110 valence electrons. The fourth-order valence-electron chi connectivity index (χ4n) is 2.22. The summed E-state index contributed by atoms with van der Waals surface area (Å²) in [5, 5.41) is 0.0641. The fraction of sp³-hybridized carbons (Fsp3) is 0.286. The molecule has 1 aromatic carbocycles. The molecule has 0 amide bonds. The summed E-state index contributed by atoms with van der Waals surface area (Å²) in [6.07, 6.45) is 0. The van der Waals surface area contributed by atoms with Crippen LogP contribution in [0.5, 0.6) is 5.88 Å². The van der Waals surface area contributed by atoms with Gasteiger partial charge in [0.05, 0.1) is 5.02 Å². The summed E-state index contributed by atoms with van der Waals surface area (Å²) in [6.45, 7) is 1.51. The Labute approximate surface area is 125 Å². The van der Waals surface area contributed by atoms with Crippen molar-refractivity contribution < 1.29 is 9.13 Å². The van der Waals surface area contributed by atoms with E-state index in [-0.39, 0.29) is 23.2 Å². The lowest BCUT2D eigenvalue weighted by Crippen LogP contribution is -2.22. The van der Waals surface area contributed by atoms with Gasteiger partial charge in [0.1, 0.15) is 18.2 Å². The molecule has 2 aromatic rings. The highest BCUT2D eigenvalue weighted by Gasteiger charge is 2.18. The molecule has 1 aliphatic rings. The second-order valence-corrected chi connectivity index (χ2v) is 5.25. The zero-order valence-electron chi connectivity index (χ0n) is 11.3. The van der Waals surface area contributed by atoms with E-state index in [0.717, 1.165) is 12.4 Å². The van der Waals surface area contributed by atoms with Crippen molar-refractivity contribution in [2.45, 2.75) is 13.2 Å². The third-order valence-corrected chi connectivity index (χ3v) is 3.69. The van der Waals surface area contributed by atoms with Gasteiger partial charge in [-0.05, 0) is 17.7 Å². The Morgan fingerprint density at radius 3 is 2.95 bits per heavy atom. The van der Waals surface area contributed by atoms with E-state index in [1.165, 1.54) is 12.1 Å². The highest BCUT2D eigenvalue weighted by atomic mass is 35.5. The maximum atomic E-state index is 13.3. The summed E-state index contributed by atoms with van der Waals surface area (Å²) in [4.78, 5) is 17.7. The Hall–Kier alpha value is -2.08. The Bertz CT molecular complexity index is 747. The average Bonchev–Trinajstić information content (AvgIpc) is 2.83. The molecule has 5 nitrogen and oxygen atoms in total. The van der Waals surface area contributed by atoms with Crippen LogP contribution in [-0.2, 0) is 13.2 Å². The van der Waals surface area contributed by atoms with Gasteiger partial charge in [0.25, 0.3) is 0 Å². The molecule has 7 heteroatoms. The first-order chi connectivity index (χ1) is 10.0. The molecule has 21 heavy (non-hydrogen) atoms. The minimum atomic E-state index is -0.500. The third kappa shape index (κ3) is 2.71. The van der Waals surface area contributed by atoms with Gasteiger partial charge in [-0.25, -0.2) is 9.18 Å². The van der Waals surface area contributed by atoms with E-state index in [9.17, 15) is 9.18 Å². The van der Waals surface area contributed by atoms with Gasteiger partial charge in [-0.15, -0.1) is 0 Å². The summed E-state index contributed by atoms with van der Waals surface area (Å²) in [5.74, 6) is 0.502. The Balaban J connectivity index is 1.79. The fourth-order valence-corrected chi connectivity index (χ4v) is 2.34. The Kier molecular flexibility index (Phi) is 3.55. The average molecular weight is 310 g/mol. The summed E-state index contributed by atoms with van der Waals surface area (Å²) < 4.78 is 20.4. The molecule has 1 aromatic heterocycles. The number of halogens is 2. The lowest BCUT2D eigenvalue weighted by molar-refractivity contribution is 0.291. The highest BCUT2D eigenvalue weighted by molar-refractivity contribution is 6.30. The van der Waals surface area contributed by atoms with Crippen LogP contribution in [0, 0.1) is 5.82 Å². The molecule has 0 spiro atoms. The number of rotatable bonds is 3. The molecule has 0 N–H and O–H groups in total. The van der Waals surface area contributed by atoms with Gasteiger partial charge in [-0.1, -0.05) is 17.7 Å². The van der Waals surface area contributed by atoms with Crippen LogP contribution in [-0.4, -0.2) is 23.1 Å². The lowest BCUT2D eigenvalue weighted by Gasteiger charge is -2.12. The van der Waals surface area contributed by atoms with E-state index >= 15 is 0 Å². The van der Waals surface area contributed by atoms with Crippen molar-refractivity contribution in [3.05, 3.63) is 51.2 Å². The van der Waals surface area contributed by atoms with E-state index < -0.39 is 5.82 Å². The Morgan fingerprint density at radius 2 is 2.19 bits per heavy atom. The third-order valence-electron chi connectivity index (χ3n) is 3.39. The van der Waals surface area contributed by atoms with E-state index in [2.05, 4.69) is 4.98 Å². The predicted molar refractivity (Wildman–Crippen MR) is 77.5 cm³/mol. The van der Waals surface area contributed by atoms with Gasteiger partial charge >= 0.3 is 5.69 Å². The van der Waals surface area contributed by atoms with Crippen LogP contribution in [0.3, 0.4) is 0 Å². The molecule has 2 heterocycles. The van der Waals surface area contributed by atoms with E-state index in [1.54, 1.807) is 16.7 Å². The second-order valence-electron chi connectivity index (χ2n) is 4.85. The van der Waals surface area contributed by atoms with Gasteiger partial charge in [0, 0.05) is 26.2 Å². The number of fused-ring (bicyclic) bond motifs is 1. The van der Waals surface area contributed by atoms with E-state index in [4.69, 9.17) is 16.3 Å². The first kappa shape index (κ1) is 13.9. The van der Waals surface area contributed by atoms with Gasteiger partial charge in [0.15, 0.2) is 0 Å². The molecule has 0 atom stereocenters. The first-order valence-corrected chi connectivity index (χ1v) is 6.82. The summed E-state index contributed by atoms with van der Waals surface area (Å²) in [6, 6.07) is 6.14. The number of ether oxygens (including phenoxy) is 1. The SMILES string of the molecule is CN1CCn2c1cc(OCc1ccc(Cl)c(F)c1)nc2=O. The molecule has 0 unspecified atom stereocenters. The number of hydrogen-bond donors (Lipinski definition) is 0. The van der Waals surface area contributed by atoms with Crippen LogP contribution >= 0.6 is 11.6 Å². The van der Waals surface area contributed by atoms with Crippen LogP contribution < -0.4 is 15.3 Å². The van der Waals surface area contributed by atoms with Crippen molar-refractivity contribution in [3.63, 3.8) is 0 Å². The number of benzene rings is 1. The topological polar surface area (TPSA) is 47.4 Å². The molecule has 0 aliphatic carbocycles. The van der Waals surface area contributed by atoms with Gasteiger partial charge in [-0.2, -0.15) is 4.98 Å². The van der Waals surface area contributed by atoms with Crippen molar-refractivity contribution in [1.82, 2.24) is 9.55 Å². The summed E-state index contributed by atoms with van der Waals surface area (Å²) in [5.41, 5.74) is 0.279. The summed E-state index contributed by atoms with van der Waals surface area (Å²) in [7, 11) is 1.90. The van der Waals surface area contributed by atoms with Crippen molar-refractivity contribution in [3.8, 4) is 5.88 Å². The van der Waals surface area contributed by atoms with Crippen LogP contribution in [0.2, 0.25) is 5.02 Å². The van der Waals surface area contributed by atoms with Gasteiger partial charge in [0.2, 0.25) is 5.88 Å². The quantitative estimate of drug-likeness (QED) is 0.871. The number of nitrogens with zero attached hydrogens (tertiary/aromatic N) is 3. The van der Waals surface area contributed by atoms with Crippen molar-refractivity contribution in [2.75, 3.05) is 18.5 Å². The van der Waals surface area contributed by atoms with E-state index in [1.807, 2.05) is 11.9 Å². The number of aromatic nitrogens is 2. The first-order valence-electron chi connectivity index (χ1n) is 6.44. The maximum Gasteiger partial charge on any atom is 0.352 e. The zero-order valence-corrected chi connectivity index (χ0v) is 12.1. The lowest BCUT2D eigenvalue weighted by atomic mass is 10.2. The molecule has 0 saturated heterocycles. The van der Waals surface area contributed by atoms with Crippen LogP contribution in [0.15, 0.2) is 29.1 Å². The van der Waals surface area contributed by atoms with Crippen molar-refractivity contribution >= 4 is 17.4 Å². The monoisotopic (exact) mass is 309 g/mol. The molecular formula is C14H13ClFN3O2. The van der Waals surface area contributed by atoms with Crippen molar-refractivity contribution in [1.29, 1.82) is 0 Å². The standard InChI is InChI=1S/C14H13ClFN3O2/c1-18-4-5-19-13(18)7-12(17-14(19)20)21-8-9-2-3-10(15)11(16)6-9/h2-3,6-7H,4-5,8H2,1H3. The van der Waals surface area contributed by atoms with Crippen LogP contribution in [0.4, 0.5) is 10.2 Å². The molecule has 0 fully saturated rings. The predicted octanol–water partition coefficient (Wildman–Crippen LogP) is 2.06.